The molecule has 32 heavy (non-hydrogen) atoms. The van der Waals surface area contributed by atoms with Gasteiger partial charge in [-0.2, -0.15) is 0 Å². The molecule has 4 N–H and O–H groups in total. The Balaban J connectivity index is 0.000000333. The zero-order chi connectivity index (χ0) is 23.6. The third-order valence-electron chi connectivity index (χ3n) is 5.84. The van der Waals surface area contributed by atoms with E-state index in [1.807, 2.05) is 4.90 Å². The summed E-state index contributed by atoms with van der Waals surface area (Å²) in [5.41, 5.74) is 11.3. The first-order valence-electron chi connectivity index (χ1n) is 12.4. The van der Waals surface area contributed by atoms with Gasteiger partial charge in [-0.1, -0.05) is 71.1 Å². The summed E-state index contributed by atoms with van der Waals surface area (Å²) >= 11 is 0. The summed E-state index contributed by atoms with van der Waals surface area (Å²) in [6.07, 6.45) is 16.7. The lowest BCUT2D eigenvalue weighted by Crippen LogP contribution is -2.31. The third kappa shape index (κ3) is 12.5. The summed E-state index contributed by atoms with van der Waals surface area (Å²) in [5.74, 6) is -0.579. The average molecular weight is 446 g/mol. The molecule has 0 spiro atoms. The first-order chi connectivity index (χ1) is 15.5. The summed E-state index contributed by atoms with van der Waals surface area (Å²) in [4.78, 5) is 35.5. The zero-order valence-corrected chi connectivity index (χ0v) is 19.9. The van der Waals surface area contributed by atoms with E-state index < -0.39 is 5.91 Å². The van der Waals surface area contributed by atoms with Crippen LogP contribution in [0.4, 0.5) is 0 Å². The highest BCUT2D eigenvalue weighted by molar-refractivity contribution is 5.97. The SMILES string of the molecule is CCCCCCCCCCCC(N)=O.NC(=O)c1ccc(C(=O)N2CCCCCC2)cc1. The Hall–Kier alpha value is -2.37. The standard InChI is InChI=1S/C14H18N2O2.C12H25NO/c15-13(17)11-5-7-12(8-6-11)14(18)16-9-3-1-2-4-10-16;1-2-3-4-5-6-7-8-9-10-11-12(13)14/h5-8H,1-4,9-10H2,(H2,15,17);2-11H2,1H3,(H2,13,14). The molecule has 0 aliphatic carbocycles. The van der Waals surface area contributed by atoms with Crippen LogP contribution in [0.5, 0.6) is 0 Å². The normalized spacial score (nSPS) is 13.6. The fourth-order valence-electron chi connectivity index (χ4n) is 3.84. The number of rotatable bonds is 12. The van der Waals surface area contributed by atoms with Crippen molar-refractivity contribution in [3.05, 3.63) is 35.4 Å². The Morgan fingerprint density at radius 1 is 0.719 bits per heavy atom. The van der Waals surface area contributed by atoms with Crippen LogP contribution < -0.4 is 11.5 Å². The van der Waals surface area contributed by atoms with Crippen molar-refractivity contribution in [2.75, 3.05) is 13.1 Å². The van der Waals surface area contributed by atoms with Crippen LogP contribution in [-0.4, -0.2) is 35.7 Å². The van der Waals surface area contributed by atoms with E-state index >= 15 is 0 Å². The number of likely N-dealkylation sites (tertiary alicyclic amines) is 1. The Bertz CT molecular complexity index is 665. The second-order valence-corrected chi connectivity index (χ2v) is 8.69. The van der Waals surface area contributed by atoms with Crippen molar-refractivity contribution in [1.29, 1.82) is 0 Å². The molecule has 6 nitrogen and oxygen atoms in total. The van der Waals surface area contributed by atoms with Crippen LogP contribution in [0.3, 0.4) is 0 Å². The number of hydrogen-bond donors (Lipinski definition) is 2. The molecule has 1 aromatic rings. The molecule has 0 saturated carbocycles. The van der Waals surface area contributed by atoms with Gasteiger partial charge in [-0.15, -0.1) is 0 Å². The predicted octanol–water partition coefficient (Wildman–Crippen LogP) is 5.19. The number of unbranched alkanes of at least 4 members (excludes halogenated alkanes) is 8. The van der Waals surface area contributed by atoms with E-state index in [9.17, 15) is 14.4 Å². The Morgan fingerprint density at radius 3 is 1.66 bits per heavy atom. The Kier molecular flexibility index (Phi) is 14.9. The molecule has 0 radical (unpaired) electrons. The van der Waals surface area contributed by atoms with Gasteiger partial charge in [0.2, 0.25) is 11.8 Å². The first-order valence-corrected chi connectivity index (χ1v) is 12.4. The maximum Gasteiger partial charge on any atom is 0.253 e. The van der Waals surface area contributed by atoms with Gasteiger partial charge in [-0.25, -0.2) is 0 Å². The third-order valence-corrected chi connectivity index (χ3v) is 5.84. The number of carbonyl (C=O) groups excluding carboxylic acids is 3. The zero-order valence-electron chi connectivity index (χ0n) is 19.9. The van der Waals surface area contributed by atoms with Gasteiger partial charge in [0.05, 0.1) is 0 Å². The molecule has 0 aromatic heterocycles. The van der Waals surface area contributed by atoms with Gasteiger partial charge in [-0.05, 0) is 43.5 Å². The summed E-state index contributed by atoms with van der Waals surface area (Å²) in [6, 6.07) is 6.56. The fourth-order valence-corrected chi connectivity index (χ4v) is 3.84. The maximum atomic E-state index is 12.2. The van der Waals surface area contributed by atoms with E-state index in [2.05, 4.69) is 6.92 Å². The van der Waals surface area contributed by atoms with E-state index in [-0.39, 0.29) is 11.8 Å². The monoisotopic (exact) mass is 445 g/mol. The summed E-state index contributed by atoms with van der Waals surface area (Å²) in [5, 5.41) is 0. The molecular formula is C26H43N3O3. The van der Waals surface area contributed by atoms with Gasteiger partial charge in [-0.3, -0.25) is 14.4 Å². The van der Waals surface area contributed by atoms with Gasteiger partial charge >= 0.3 is 0 Å². The quantitative estimate of drug-likeness (QED) is 0.432. The molecule has 3 amide bonds. The molecular weight excluding hydrogens is 402 g/mol. The number of primary amides is 2. The molecule has 1 aliphatic heterocycles. The minimum Gasteiger partial charge on any atom is -0.370 e. The average Bonchev–Trinajstić information content (AvgIpc) is 3.07. The first kappa shape index (κ1) is 27.7. The molecule has 1 aromatic carbocycles. The van der Waals surface area contributed by atoms with Gasteiger partial charge in [0, 0.05) is 30.6 Å². The summed E-state index contributed by atoms with van der Waals surface area (Å²) in [7, 11) is 0. The van der Waals surface area contributed by atoms with Crippen molar-refractivity contribution in [3.63, 3.8) is 0 Å². The Labute approximate surface area is 194 Å². The van der Waals surface area contributed by atoms with Crippen LogP contribution >= 0.6 is 0 Å². The van der Waals surface area contributed by atoms with E-state index in [4.69, 9.17) is 11.5 Å². The lowest BCUT2D eigenvalue weighted by atomic mass is 10.1. The van der Waals surface area contributed by atoms with Crippen LogP contribution in [0.1, 0.15) is 118 Å². The van der Waals surface area contributed by atoms with Crippen LogP contribution in [0.2, 0.25) is 0 Å². The summed E-state index contributed by atoms with van der Waals surface area (Å²) < 4.78 is 0. The smallest absolute Gasteiger partial charge is 0.253 e. The van der Waals surface area contributed by atoms with Gasteiger partial charge < -0.3 is 16.4 Å². The minimum absolute atomic E-state index is 0.0490. The van der Waals surface area contributed by atoms with Crippen molar-refractivity contribution >= 4 is 17.7 Å². The van der Waals surface area contributed by atoms with Crippen molar-refractivity contribution in [2.24, 2.45) is 11.5 Å². The molecule has 2 rings (SSSR count). The lowest BCUT2D eigenvalue weighted by molar-refractivity contribution is -0.118. The maximum absolute atomic E-state index is 12.2. The molecule has 6 heteroatoms. The highest BCUT2D eigenvalue weighted by atomic mass is 16.2. The summed E-state index contributed by atoms with van der Waals surface area (Å²) in [6.45, 7) is 3.90. The van der Waals surface area contributed by atoms with E-state index in [1.165, 1.54) is 57.8 Å². The molecule has 1 heterocycles. The van der Waals surface area contributed by atoms with Gasteiger partial charge in [0.1, 0.15) is 0 Å². The molecule has 1 fully saturated rings. The minimum atomic E-state index is -0.469. The van der Waals surface area contributed by atoms with Crippen LogP contribution in [-0.2, 0) is 4.79 Å². The van der Waals surface area contributed by atoms with Crippen LogP contribution in [0.25, 0.3) is 0 Å². The van der Waals surface area contributed by atoms with Crippen molar-refractivity contribution < 1.29 is 14.4 Å². The van der Waals surface area contributed by atoms with E-state index in [0.29, 0.717) is 17.5 Å². The number of nitrogens with zero attached hydrogens (tertiary/aromatic N) is 1. The molecule has 1 saturated heterocycles. The van der Waals surface area contributed by atoms with Gasteiger partial charge in [0.25, 0.3) is 5.91 Å². The van der Waals surface area contributed by atoms with Crippen molar-refractivity contribution in [1.82, 2.24) is 4.90 Å². The largest absolute Gasteiger partial charge is 0.370 e. The molecule has 0 atom stereocenters. The lowest BCUT2D eigenvalue weighted by Gasteiger charge is -2.20. The number of nitrogens with two attached hydrogens (primary N) is 2. The van der Waals surface area contributed by atoms with E-state index in [0.717, 1.165) is 38.8 Å². The molecule has 0 bridgehead atoms. The number of benzene rings is 1. The topological polar surface area (TPSA) is 106 Å². The van der Waals surface area contributed by atoms with Crippen molar-refractivity contribution in [2.45, 2.75) is 96.8 Å². The molecule has 0 unspecified atom stereocenters. The highest BCUT2D eigenvalue weighted by Gasteiger charge is 2.17. The number of hydrogen-bond acceptors (Lipinski definition) is 3. The molecule has 180 valence electrons. The Morgan fingerprint density at radius 2 is 1.19 bits per heavy atom. The van der Waals surface area contributed by atoms with E-state index in [1.54, 1.807) is 24.3 Å². The second kappa shape index (κ2) is 17.2. The predicted molar refractivity (Wildman–Crippen MR) is 130 cm³/mol. The van der Waals surface area contributed by atoms with Crippen LogP contribution in [0.15, 0.2) is 24.3 Å². The highest BCUT2D eigenvalue weighted by Crippen LogP contribution is 2.14. The molecule has 1 aliphatic rings. The van der Waals surface area contributed by atoms with Crippen molar-refractivity contribution in [3.8, 4) is 0 Å². The second-order valence-electron chi connectivity index (χ2n) is 8.69. The number of amides is 3. The fraction of sp³-hybridized carbons (Fsp3) is 0.654. The van der Waals surface area contributed by atoms with Gasteiger partial charge in [0.15, 0.2) is 0 Å². The number of carbonyl (C=O) groups is 3. The van der Waals surface area contributed by atoms with Crippen LogP contribution in [0, 0.1) is 0 Å².